The molecule has 7 nitrogen and oxygen atoms in total. The van der Waals surface area contributed by atoms with Crippen LogP contribution < -0.4 is 10.6 Å². The lowest BCUT2D eigenvalue weighted by Crippen LogP contribution is -2.46. The van der Waals surface area contributed by atoms with Gasteiger partial charge in [0, 0.05) is 17.7 Å². The van der Waals surface area contributed by atoms with E-state index in [0.717, 1.165) is 23.4 Å². The average molecular weight is 395 g/mol. The zero-order valence-corrected chi connectivity index (χ0v) is 16.6. The summed E-state index contributed by atoms with van der Waals surface area (Å²) < 4.78 is 0. The van der Waals surface area contributed by atoms with E-state index in [1.165, 1.54) is 0 Å². The minimum Gasteiger partial charge on any atom is -0.426 e. The fraction of sp³-hybridized carbons (Fsp3) is 0.286. The summed E-state index contributed by atoms with van der Waals surface area (Å²) in [7, 11) is -1.66. The molecule has 4 N–H and O–H groups in total. The van der Waals surface area contributed by atoms with Crippen molar-refractivity contribution in [2.24, 2.45) is 5.92 Å². The zero-order chi connectivity index (χ0) is 21.2. The molecule has 1 aromatic carbocycles. The summed E-state index contributed by atoms with van der Waals surface area (Å²) >= 11 is 0. The molecule has 0 aliphatic carbocycles. The van der Waals surface area contributed by atoms with E-state index in [9.17, 15) is 19.6 Å². The van der Waals surface area contributed by atoms with Crippen molar-refractivity contribution in [3.05, 3.63) is 66.4 Å². The fourth-order valence-electron chi connectivity index (χ4n) is 2.73. The predicted octanol–water partition coefficient (Wildman–Crippen LogP) is 1.46. The van der Waals surface area contributed by atoms with Crippen molar-refractivity contribution >= 4 is 18.9 Å². The summed E-state index contributed by atoms with van der Waals surface area (Å²) in [6.45, 7) is 4.04. The first-order valence-electron chi connectivity index (χ1n) is 9.49. The molecule has 152 valence electrons. The molecule has 0 aliphatic rings. The molecule has 0 spiro atoms. The van der Waals surface area contributed by atoms with Crippen LogP contribution in [0, 0.1) is 5.92 Å². The number of pyridine rings is 1. The zero-order valence-electron chi connectivity index (χ0n) is 16.6. The Kier molecular flexibility index (Phi) is 8.57. The van der Waals surface area contributed by atoms with Crippen molar-refractivity contribution in [3.8, 4) is 11.3 Å². The number of hydrogen-bond donors (Lipinski definition) is 4. The highest BCUT2D eigenvalue weighted by Crippen LogP contribution is 2.16. The van der Waals surface area contributed by atoms with Crippen LogP contribution in [0.5, 0.6) is 0 Å². The van der Waals surface area contributed by atoms with E-state index in [0.29, 0.717) is 12.1 Å². The molecule has 1 aromatic heterocycles. The number of amides is 2. The number of benzene rings is 1. The van der Waals surface area contributed by atoms with Crippen LogP contribution in [-0.2, 0) is 16.1 Å². The number of nitrogens with one attached hydrogen (secondary N) is 2. The van der Waals surface area contributed by atoms with E-state index in [1.54, 1.807) is 0 Å². The van der Waals surface area contributed by atoms with Gasteiger partial charge < -0.3 is 20.7 Å². The molecule has 29 heavy (non-hydrogen) atoms. The minimum atomic E-state index is -1.66. The Labute approximate surface area is 171 Å². The largest absolute Gasteiger partial charge is 0.475 e. The molecule has 2 aromatic rings. The molecule has 0 saturated carbocycles. The van der Waals surface area contributed by atoms with Gasteiger partial charge in [-0.2, -0.15) is 0 Å². The van der Waals surface area contributed by atoms with E-state index < -0.39 is 24.9 Å². The molecule has 1 atom stereocenters. The molecule has 0 unspecified atom stereocenters. The van der Waals surface area contributed by atoms with Gasteiger partial charge in [-0.3, -0.25) is 14.6 Å². The molecule has 1 heterocycles. The predicted molar refractivity (Wildman–Crippen MR) is 112 cm³/mol. The highest BCUT2D eigenvalue weighted by molar-refractivity contribution is 6.43. The van der Waals surface area contributed by atoms with Crippen molar-refractivity contribution in [1.29, 1.82) is 0 Å². The average Bonchev–Trinajstić information content (AvgIpc) is 2.70. The first-order chi connectivity index (χ1) is 13.8. The fourth-order valence-corrected chi connectivity index (χ4v) is 2.73. The van der Waals surface area contributed by atoms with E-state index in [1.807, 2.05) is 62.4 Å². The molecule has 8 heteroatoms. The minimum absolute atomic E-state index is 0.175. The highest BCUT2D eigenvalue weighted by Gasteiger charge is 2.25. The van der Waals surface area contributed by atoms with E-state index in [-0.39, 0.29) is 12.5 Å². The van der Waals surface area contributed by atoms with Gasteiger partial charge in [0.05, 0.1) is 23.9 Å². The van der Waals surface area contributed by atoms with Gasteiger partial charge in [-0.05, 0) is 24.5 Å². The number of rotatable bonds is 9. The summed E-state index contributed by atoms with van der Waals surface area (Å²) in [6.07, 6.45) is 2.58. The summed E-state index contributed by atoms with van der Waals surface area (Å²) in [5.41, 5.74) is 2.49. The normalized spacial score (nSPS) is 12.0. The number of carbonyl (C=O) groups excluding carboxylic acids is 2. The third kappa shape index (κ3) is 7.89. The van der Waals surface area contributed by atoms with Gasteiger partial charge in [0.1, 0.15) is 0 Å². The molecular weight excluding hydrogens is 369 g/mol. The molecule has 2 amide bonds. The van der Waals surface area contributed by atoms with Crippen molar-refractivity contribution in [1.82, 2.24) is 15.6 Å². The monoisotopic (exact) mass is 395 g/mol. The van der Waals surface area contributed by atoms with Gasteiger partial charge in [-0.25, -0.2) is 0 Å². The van der Waals surface area contributed by atoms with Crippen LogP contribution >= 0.6 is 0 Å². The third-order valence-corrected chi connectivity index (χ3v) is 4.12. The SMILES string of the molecule is CC(C)C[C@H](NC(=O)/C=C/C(=O)NCc1cccc(-c2ccccc2)n1)B(O)O. The maximum absolute atomic E-state index is 12.0. The second-order valence-electron chi connectivity index (χ2n) is 7.09. The Balaban J connectivity index is 1.87. The second-order valence-corrected chi connectivity index (χ2v) is 7.09. The molecule has 0 radical (unpaired) electrons. The molecule has 0 fully saturated rings. The molecular formula is C21H26BN3O4. The third-order valence-electron chi connectivity index (χ3n) is 4.12. The lowest BCUT2D eigenvalue weighted by atomic mass is 9.75. The van der Waals surface area contributed by atoms with Crippen molar-refractivity contribution in [3.63, 3.8) is 0 Å². The smallest absolute Gasteiger partial charge is 0.426 e. The van der Waals surface area contributed by atoms with Crippen LogP contribution in [0.4, 0.5) is 0 Å². The van der Waals surface area contributed by atoms with Crippen LogP contribution in [0.2, 0.25) is 0 Å². The molecule has 2 rings (SSSR count). The lowest BCUT2D eigenvalue weighted by Gasteiger charge is -2.18. The van der Waals surface area contributed by atoms with Crippen LogP contribution in [-0.4, -0.2) is 39.9 Å². The van der Waals surface area contributed by atoms with Gasteiger partial charge in [0.2, 0.25) is 11.8 Å². The van der Waals surface area contributed by atoms with Gasteiger partial charge in [-0.15, -0.1) is 0 Å². The quantitative estimate of drug-likeness (QED) is 0.380. The molecule has 0 saturated heterocycles. The molecule has 0 aliphatic heterocycles. The Morgan fingerprint density at radius 3 is 2.38 bits per heavy atom. The van der Waals surface area contributed by atoms with Gasteiger partial charge in [0.25, 0.3) is 0 Å². The highest BCUT2D eigenvalue weighted by atomic mass is 16.4. The standard InChI is InChI=1S/C21H26BN3O4/c1-15(2)13-19(22(28)29)25-21(27)12-11-20(26)23-14-17-9-6-10-18(24-17)16-7-4-3-5-8-16/h3-12,15,19,28-29H,13-14H2,1-2H3,(H,23,26)(H,25,27)/b12-11+/t19-/m0/s1. The van der Waals surface area contributed by atoms with Gasteiger partial charge >= 0.3 is 7.12 Å². The van der Waals surface area contributed by atoms with E-state index >= 15 is 0 Å². The lowest BCUT2D eigenvalue weighted by molar-refractivity contribution is -0.119. The Bertz CT molecular complexity index is 841. The number of carbonyl (C=O) groups is 2. The van der Waals surface area contributed by atoms with Crippen LogP contribution in [0.1, 0.15) is 26.0 Å². The van der Waals surface area contributed by atoms with E-state index in [4.69, 9.17) is 0 Å². The van der Waals surface area contributed by atoms with Gasteiger partial charge in [-0.1, -0.05) is 50.2 Å². The first kappa shape index (κ1) is 22.3. The first-order valence-corrected chi connectivity index (χ1v) is 9.49. The van der Waals surface area contributed by atoms with E-state index in [2.05, 4.69) is 15.6 Å². The van der Waals surface area contributed by atoms with Crippen LogP contribution in [0.3, 0.4) is 0 Å². The van der Waals surface area contributed by atoms with Crippen molar-refractivity contribution in [2.75, 3.05) is 0 Å². The van der Waals surface area contributed by atoms with Crippen LogP contribution in [0.15, 0.2) is 60.7 Å². The van der Waals surface area contributed by atoms with Crippen LogP contribution in [0.25, 0.3) is 11.3 Å². The summed E-state index contributed by atoms with van der Waals surface area (Å²) in [6, 6.07) is 15.3. The molecule has 0 bridgehead atoms. The maximum atomic E-state index is 12.0. The summed E-state index contributed by atoms with van der Waals surface area (Å²) in [5.74, 6) is -1.63. The second kappa shape index (κ2) is 11.1. The van der Waals surface area contributed by atoms with Crippen molar-refractivity contribution in [2.45, 2.75) is 32.8 Å². The number of nitrogens with zero attached hydrogens (tertiary/aromatic N) is 1. The Morgan fingerprint density at radius 1 is 1.03 bits per heavy atom. The summed E-state index contributed by atoms with van der Waals surface area (Å²) in [5, 5.41) is 23.8. The topological polar surface area (TPSA) is 112 Å². The Hall–Kier alpha value is -2.97. The number of hydrogen-bond acceptors (Lipinski definition) is 5. The number of aromatic nitrogens is 1. The van der Waals surface area contributed by atoms with Crippen molar-refractivity contribution < 1.29 is 19.6 Å². The van der Waals surface area contributed by atoms with Gasteiger partial charge in [0.15, 0.2) is 0 Å². The maximum Gasteiger partial charge on any atom is 0.475 e. The summed E-state index contributed by atoms with van der Waals surface area (Å²) in [4.78, 5) is 28.4. The Morgan fingerprint density at radius 2 is 1.72 bits per heavy atom.